The third-order valence-electron chi connectivity index (χ3n) is 6.90. The van der Waals surface area contributed by atoms with Gasteiger partial charge in [-0.05, 0) is 49.3 Å². The summed E-state index contributed by atoms with van der Waals surface area (Å²) in [4.78, 5) is 40.8. The second-order valence-corrected chi connectivity index (χ2v) is 9.00. The van der Waals surface area contributed by atoms with Crippen molar-refractivity contribution in [3.63, 3.8) is 0 Å². The Morgan fingerprint density at radius 1 is 1.32 bits per heavy atom. The minimum atomic E-state index is -0.846. The third kappa shape index (κ3) is 2.74. The summed E-state index contributed by atoms with van der Waals surface area (Å²) in [6, 6.07) is 4.19. The topological polar surface area (TPSA) is 91.6 Å². The van der Waals surface area contributed by atoms with Crippen molar-refractivity contribution in [2.75, 3.05) is 6.54 Å². The van der Waals surface area contributed by atoms with Crippen LogP contribution in [0.5, 0.6) is 5.75 Å². The monoisotopic (exact) mass is 445 g/mol. The van der Waals surface area contributed by atoms with Crippen LogP contribution in [-0.4, -0.2) is 32.9 Å². The number of rotatable bonds is 2. The maximum atomic E-state index is 13.4. The van der Waals surface area contributed by atoms with Crippen molar-refractivity contribution in [3.05, 3.63) is 61.8 Å². The molecule has 1 aromatic carbocycles. The molecule has 162 valence electrons. The van der Waals surface area contributed by atoms with E-state index >= 15 is 0 Å². The highest BCUT2D eigenvalue weighted by Gasteiger charge is 2.52. The van der Waals surface area contributed by atoms with Crippen LogP contribution in [0, 0.1) is 11.7 Å². The molecule has 0 radical (unpaired) electrons. The average Bonchev–Trinajstić information content (AvgIpc) is 3.24. The molecule has 2 aliphatic heterocycles. The Morgan fingerprint density at radius 2 is 2.10 bits per heavy atom. The molecule has 1 fully saturated rings. The van der Waals surface area contributed by atoms with Crippen LogP contribution >= 0.6 is 11.6 Å². The Labute approximate surface area is 182 Å². The molecular formula is C22H21ClFN3O4. The van der Waals surface area contributed by atoms with Crippen molar-refractivity contribution >= 4 is 23.4 Å². The molecule has 1 aliphatic carbocycles. The van der Waals surface area contributed by atoms with Crippen LogP contribution in [0.3, 0.4) is 0 Å². The van der Waals surface area contributed by atoms with Crippen molar-refractivity contribution in [2.45, 2.75) is 44.8 Å². The van der Waals surface area contributed by atoms with Crippen LogP contribution < -0.4 is 10.9 Å². The van der Waals surface area contributed by atoms with Gasteiger partial charge in [-0.3, -0.25) is 19.0 Å². The molecule has 0 saturated heterocycles. The van der Waals surface area contributed by atoms with E-state index in [-0.39, 0.29) is 34.6 Å². The predicted molar refractivity (Wildman–Crippen MR) is 111 cm³/mol. The average molecular weight is 446 g/mol. The number of carbonyl (C=O) groups is 2. The molecule has 2 N–H and O–H groups in total. The molecule has 1 spiro atoms. The zero-order chi connectivity index (χ0) is 22.1. The normalized spacial score (nSPS) is 24.5. The quantitative estimate of drug-likeness (QED) is 0.743. The van der Waals surface area contributed by atoms with E-state index in [1.807, 2.05) is 6.92 Å². The van der Waals surface area contributed by atoms with E-state index in [1.54, 1.807) is 0 Å². The number of benzene rings is 1. The van der Waals surface area contributed by atoms with Crippen molar-refractivity contribution in [2.24, 2.45) is 5.92 Å². The van der Waals surface area contributed by atoms with E-state index in [9.17, 15) is 23.9 Å². The molecule has 2 amide bonds. The Balaban J connectivity index is 1.59. The van der Waals surface area contributed by atoms with E-state index in [0.717, 1.165) is 12.8 Å². The first-order chi connectivity index (χ1) is 14.7. The van der Waals surface area contributed by atoms with Gasteiger partial charge in [0.1, 0.15) is 17.2 Å². The highest BCUT2D eigenvalue weighted by Crippen LogP contribution is 2.44. The molecule has 1 aromatic heterocycles. The second kappa shape index (κ2) is 6.82. The fraction of sp³-hybridized carbons (Fsp3) is 0.409. The summed E-state index contributed by atoms with van der Waals surface area (Å²) in [5.74, 6) is -2.06. The van der Waals surface area contributed by atoms with Crippen LogP contribution in [0.2, 0.25) is 5.02 Å². The predicted octanol–water partition coefficient (Wildman–Crippen LogP) is 2.76. The Kier molecular flexibility index (Phi) is 4.41. The lowest BCUT2D eigenvalue weighted by Gasteiger charge is -2.33. The number of aromatic hydroxyl groups is 1. The SMILES string of the molecule is C[C@H]1CCCC12NC(=O)c1c3c(c(O)c(=O)n12)C(=O)N(Cc1ccc(F)c(Cl)c1)CC3. The zero-order valence-corrected chi connectivity index (χ0v) is 17.6. The van der Waals surface area contributed by atoms with Gasteiger partial charge in [-0.15, -0.1) is 0 Å². The van der Waals surface area contributed by atoms with E-state index in [2.05, 4.69) is 5.32 Å². The van der Waals surface area contributed by atoms with Gasteiger partial charge in [-0.25, -0.2) is 4.39 Å². The van der Waals surface area contributed by atoms with Crippen molar-refractivity contribution in [1.82, 2.24) is 14.8 Å². The number of pyridine rings is 1. The van der Waals surface area contributed by atoms with Crippen LogP contribution in [0.25, 0.3) is 0 Å². The maximum Gasteiger partial charge on any atom is 0.296 e. The minimum absolute atomic E-state index is 0.0341. The molecule has 7 nitrogen and oxygen atoms in total. The molecule has 1 saturated carbocycles. The number of carbonyl (C=O) groups excluding carboxylic acids is 2. The van der Waals surface area contributed by atoms with Gasteiger partial charge in [0.15, 0.2) is 5.75 Å². The highest BCUT2D eigenvalue weighted by atomic mass is 35.5. The molecule has 31 heavy (non-hydrogen) atoms. The van der Waals surface area contributed by atoms with Gasteiger partial charge in [-0.1, -0.05) is 24.6 Å². The number of amides is 2. The zero-order valence-electron chi connectivity index (χ0n) is 16.9. The van der Waals surface area contributed by atoms with Gasteiger partial charge < -0.3 is 15.3 Å². The molecule has 3 aliphatic rings. The van der Waals surface area contributed by atoms with Gasteiger partial charge in [0.2, 0.25) is 0 Å². The second-order valence-electron chi connectivity index (χ2n) is 8.59. The third-order valence-corrected chi connectivity index (χ3v) is 7.19. The Hall–Kier alpha value is -2.87. The van der Waals surface area contributed by atoms with E-state index in [1.165, 1.54) is 27.7 Å². The van der Waals surface area contributed by atoms with E-state index in [0.29, 0.717) is 30.5 Å². The van der Waals surface area contributed by atoms with Crippen LogP contribution in [0.4, 0.5) is 4.39 Å². The first-order valence-corrected chi connectivity index (χ1v) is 10.7. The van der Waals surface area contributed by atoms with Gasteiger partial charge in [0.05, 0.1) is 10.6 Å². The summed E-state index contributed by atoms with van der Waals surface area (Å²) >= 11 is 5.84. The summed E-state index contributed by atoms with van der Waals surface area (Å²) in [6.07, 6.45) is 2.64. The van der Waals surface area contributed by atoms with Gasteiger partial charge in [0.25, 0.3) is 17.4 Å². The summed E-state index contributed by atoms with van der Waals surface area (Å²) in [5.41, 5.74) is -0.471. The Bertz CT molecular complexity index is 1210. The molecule has 5 rings (SSSR count). The largest absolute Gasteiger partial charge is 0.502 e. The Morgan fingerprint density at radius 3 is 2.77 bits per heavy atom. The highest BCUT2D eigenvalue weighted by molar-refractivity contribution is 6.30. The number of aromatic nitrogens is 1. The molecule has 2 atom stereocenters. The van der Waals surface area contributed by atoms with Crippen LogP contribution in [0.15, 0.2) is 23.0 Å². The minimum Gasteiger partial charge on any atom is -0.502 e. The molecule has 2 aromatic rings. The van der Waals surface area contributed by atoms with Crippen molar-refractivity contribution in [3.8, 4) is 5.75 Å². The number of nitrogens with one attached hydrogen (secondary N) is 1. The van der Waals surface area contributed by atoms with Crippen LogP contribution in [-0.2, 0) is 18.6 Å². The lowest BCUT2D eigenvalue weighted by Crippen LogP contribution is -2.49. The maximum absolute atomic E-state index is 13.4. The first kappa shape index (κ1) is 20.1. The molecule has 9 heteroatoms. The van der Waals surface area contributed by atoms with Crippen molar-refractivity contribution in [1.29, 1.82) is 0 Å². The number of hydrogen-bond acceptors (Lipinski definition) is 4. The van der Waals surface area contributed by atoms with Gasteiger partial charge in [0, 0.05) is 18.7 Å². The smallest absolute Gasteiger partial charge is 0.296 e. The molecule has 0 bridgehead atoms. The number of fused-ring (bicyclic) bond motifs is 4. The van der Waals surface area contributed by atoms with E-state index in [4.69, 9.17) is 11.6 Å². The number of hydrogen-bond donors (Lipinski definition) is 2. The summed E-state index contributed by atoms with van der Waals surface area (Å²) in [5, 5.41) is 13.7. The van der Waals surface area contributed by atoms with Crippen LogP contribution in [0.1, 0.15) is 58.2 Å². The first-order valence-electron chi connectivity index (χ1n) is 10.3. The standard InChI is InChI=1S/C22H21ClFN3O4/c1-11-3-2-7-22(11)25-19(29)17-13-6-8-26(10-12-4-5-15(24)14(23)9-12)20(30)16(13)18(28)21(31)27(17)22/h4-5,9,11,28H,2-3,6-8,10H2,1H3,(H,25,29)/t11-,22?/m0/s1. The summed E-state index contributed by atoms with van der Waals surface area (Å²) in [7, 11) is 0. The number of nitrogens with zero attached hydrogens (tertiary/aromatic N) is 2. The van der Waals surface area contributed by atoms with Gasteiger partial charge >= 0.3 is 0 Å². The van der Waals surface area contributed by atoms with Crippen molar-refractivity contribution < 1.29 is 19.1 Å². The van der Waals surface area contributed by atoms with Gasteiger partial charge in [-0.2, -0.15) is 0 Å². The fourth-order valence-electron chi connectivity index (χ4n) is 5.31. The molecule has 1 unspecified atom stereocenters. The molecule has 3 heterocycles. The summed E-state index contributed by atoms with van der Waals surface area (Å²) in [6.45, 7) is 2.41. The summed E-state index contributed by atoms with van der Waals surface area (Å²) < 4.78 is 14.8. The number of halogens is 2. The van der Waals surface area contributed by atoms with E-state index < -0.39 is 28.7 Å². The molecular weight excluding hydrogens is 425 g/mol. The lowest BCUT2D eigenvalue weighted by molar-refractivity contribution is 0.0721. The lowest BCUT2D eigenvalue weighted by atomic mass is 9.94. The fourth-order valence-corrected chi connectivity index (χ4v) is 5.52.